The van der Waals surface area contributed by atoms with E-state index in [4.69, 9.17) is 0 Å². The fourth-order valence-electron chi connectivity index (χ4n) is 1.89. The Hall–Kier alpha value is -1.26. The molecule has 2 aromatic carbocycles. The molecule has 0 fully saturated rings. The highest BCUT2D eigenvalue weighted by Gasteiger charge is 2.04. The van der Waals surface area contributed by atoms with Crippen molar-refractivity contribution in [2.45, 2.75) is 12.7 Å². The SMILES string of the molecule is Cc1ccccc1CSCCNC(=O)c1ccc(Br)cc1. The minimum atomic E-state index is -0.0148. The summed E-state index contributed by atoms with van der Waals surface area (Å²) in [5.74, 6) is 1.89. The zero-order chi connectivity index (χ0) is 15.1. The standard InChI is InChI=1S/C17H18BrNOS/c1-13-4-2-3-5-15(13)12-21-11-10-19-17(20)14-6-8-16(18)9-7-14/h2-9H,10-12H2,1H3,(H,19,20). The molecule has 0 unspecified atom stereocenters. The van der Waals surface area contributed by atoms with Crippen molar-refractivity contribution in [1.29, 1.82) is 0 Å². The zero-order valence-electron chi connectivity index (χ0n) is 11.9. The minimum absolute atomic E-state index is 0.0148. The molecule has 0 radical (unpaired) electrons. The third-order valence-electron chi connectivity index (χ3n) is 3.16. The Kier molecular flexibility index (Phi) is 6.33. The average molecular weight is 364 g/mol. The van der Waals surface area contributed by atoms with E-state index in [0.717, 1.165) is 16.0 Å². The second kappa shape index (κ2) is 8.25. The van der Waals surface area contributed by atoms with Gasteiger partial charge in [-0.05, 0) is 42.3 Å². The van der Waals surface area contributed by atoms with Crippen LogP contribution in [0.15, 0.2) is 53.0 Å². The van der Waals surface area contributed by atoms with Crippen LogP contribution < -0.4 is 5.32 Å². The van der Waals surface area contributed by atoms with Gasteiger partial charge in [-0.2, -0.15) is 11.8 Å². The Morgan fingerprint density at radius 1 is 1.14 bits per heavy atom. The summed E-state index contributed by atoms with van der Waals surface area (Å²) in [5.41, 5.74) is 3.38. The van der Waals surface area contributed by atoms with Crippen molar-refractivity contribution >= 4 is 33.6 Å². The lowest BCUT2D eigenvalue weighted by Crippen LogP contribution is -2.25. The van der Waals surface area contributed by atoms with E-state index >= 15 is 0 Å². The van der Waals surface area contributed by atoms with Crippen molar-refractivity contribution in [1.82, 2.24) is 5.32 Å². The Morgan fingerprint density at radius 3 is 2.57 bits per heavy atom. The molecule has 1 N–H and O–H groups in total. The molecule has 2 aromatic rings. The van der Waals surface area contributed by atoms with E-state index in [1.54, 1.807) is 0 Å². The summed E-state index contributed by atoms with van der Waals surface area (Å²) >= 11 is 5.20. The Labute approximate surface area is 138 Å². The molecule has 2 rings (SSSR count). The van der Waals surface area contributed by atoms with E-state index < -0.39 is 0 Å². The molecular weight excluding hydrogens is 346 g/mol. The Bertz CT molecular complexity index is 598. The van der Waals surface area contributed by atoms with Crippen LogP contribution in [0.2, 0.25) is 0 Å². The first-order valence-corrected chi connectivity index (χ1v) is 8.77. The topological polar surface area (TPSA) is 29.1 Å². The molecule has 1 amide bonds. The molecule has 0 aromatic heterocycles. The molecule has 4 heteroatoms. The van der Waals surface area contributed by atoms with Gasteiger partial charge in [-0.1, -0.05) is 40.2 Å². The van der Waals surface area contributed by atoms with Crippen molar-refractivity contribution in [3.63, 3.8) is 0 Å². The predicted octanol–water partition coefficient (Wildman–Crippen LogP) is 4.42. The largest absolute Gasteiger partial charge is 0.351 e. The molecular formula is C17H18BrNOS. The number of aryl methyl sites for hydroxylation is 1. The third kappa shape index (κ3) is 5.21. The number of thioether (sulfide) groups is 1. The van der Waals surface area contributed by atoms with Crippen LogP contribution in [0, 0.1) is 6.92 Å². The molecule has 0 aliphatic heterocycles. The number of amides is 1. The summed E-state index contributed by atoms with van der Waals surface area (Å²) in [6.45, 7) is 2.82. The Morgan fingerprint density at radius 2 is 1.86 bits per heavy atom. The molecule has 0 saturated carbocycles. The highest BCUT2D eigenvalue weighted by atomic mass is 79.9. The fraction of sp³-hybridized carbons (Fsp3) is 0.235. The van der Waals surface area contributed by atoms with Gasteiger partial charge in [0.1, 0.15) is 0 Å². The number of hydrogen-bond acceptors (Lipinski definition) is 2. The highest BCUT2D eigenvalue weighted by Crippen LogP contribution is 2.15. The van der Waals surface area contributed by atoms with Crippen molar-refractivity contribution in [3.8, 4) is 0 Å². The van der Waals surface area contributed by atoms with Crippen LogP contribution in [0.5, 0.6) is 0 Å². The number of carbonyl (C=O) groups is 1. The highest BCUT2D eigenvalue weighted by molar-refractivity contribution is 9.10. The summed E-state index contributed by atoms with van der Waals surface area (Å²) in [7, 11) is 0. The number of benzene rings is 2. The van der Waals surface area contributed by atoms with Gasteiger partial charge in [-0.25, -0.2) is 0 Å². The first-order valence-electron chi connectivity index (χ1n) is 6.83. The van der Waals surface area contributed by atoms with Crippen LogP contribution in [0.3, 0.4) is 0 Å². The van der Waals surface area contributed by atoms with E-state index in [9.17, 15) is 4.79 Å². The molecule has 110 valence electrons. The molecule has 0 heterocycles. The summed E-state index contributed by atoms with van der Waals surface area (Å²) in [4.78, 5) is 11.9. The van der Waals surface area contributed by atoms with Gasteiger partial charge in [0, 0.05) is 28.1 Å². The molecule has 0 bridgehead atoms. The minimum Gasteiger partial charge on any atom is -0.351 e. The van der Waals surface area contributed by atoms with E-state index in [1.165, 1.54) is 11.1 Å². The van der Waals surface area contributed by atoms with Crippen LogP contribution in [-0.4, -0.2) is 18.2 Å². The maximum absolute atomic E-state index is 11.9. The second-order valence-electron chi connectivity index (χ2n) is 4.74. The number of nitrogens with one attached hydrogen (secondary N) is 1. The molecule has 2 nitrogen and oxygen atoms in total. The predicted molar refractivity (Wildman–Crippen MR) is 93.8 cm³/mol. The van der Waals surface area contributed by atoms with E-state index in [2.05, 4.69) is 52.4 Å². The summed E-state index contributed by atoms with van der Waals surface area (Å²) in [6, 6.07) is 15.8. The van der Waals surface area contributed by atoms with Gasteiger partial charge in [-0.3, -0.25) is 4.79 Å². The van der Waals surface area contributed by atoms with Crippen LogP contribution in [-0.2, 0) is 5.75 Å². The third-order valence-corrected chi connectivity index (χ3v) is 4.69. The number of carbonyl (C=O) groups excluding carboxylic acids is 1. The van der Waals surface area contributed by atoms with E-state index in [0.29, 0.717) is 12.1 Å². The van der Waals surface area contributed by atoms with E-state index in [-0.39, 0.29) is 5.91 Å². The van der Waals surface area contributed by atoms with Gasteiger partial charge in [0.25, 0.3) is 5.91 Å². The van der Waals surface area contributed by atoms with Gasteiger partial charge in [0.15, 0.2) is 0 Å². The normalized spacial score (nSPS) is 10.4. The lowest BCUT2D eigenvalue weighted by molar-refractivity contribution is 0.0956. The smallest absolute Gasteiger partial charge is 0.251 e. The number of hydrogen-bond donors (Lipinski definition) is 1. The number of halogens is 1. The second-order valence-corrected chi connectivity index (χ2v) is 6.76. The summed E-state index contributed by atoms with van der Waals surface area (Å²) in [6.07, 6.45) is 0. The van der Waals surface area contributed by atoms with E-state index in [1.807, 2.05) is 36.0 Å². The fourth-order valence-corrected chi connectivity index (χ4v) is 3.09. The van der Waals surface area contributed by atoms with Gasteiger partial charge in [-0.15, -0.1) is 0 Å². The quantitative estimate of drug-likeness (QED) is 0.769. The van der Waals surface area contributed by atoms with Gasteiger partial charge in [0.2, 0.25) is 0 Å². The van der Waals surface area contributed by atoms with Crippen molar-refractivity contribution in [2.24, 2.45) is 0 Å². The van der Waals surface area contributed by atoms with Crippen LogP contribution in [0.4, 0.5) is 0 Å². The van der Waals surface area contributed by atoms with Gasteiger partial charge >= 0.3 is 0 Å². The van der Waals surface area contributed by atoms with Crippen LogP contribution in [0.25, 0.3) is 0 Å². The lowest BCUT2D eigenvalue weighted by atomic mass is 10.1. The zero-order valence-corrected chi connectivity index (χ0v) is 14.3. The van der Waals surface area contributed by atoms with Crippen molar-refractivity contribution in [2.75, 3.05) is 12.3 Å². The molecule has 0 aliphatic carbocycles. The molecule has 0 saturated heterocycles. The van der Waals surface area contributed by atoms with Gasteiger partial charge in [0.05, 0.1) is 0 Å². The van der Waals surface area contributed by atoms with Gasteiger partial charge < -0.3 is 5.32 Å². The monoisotopic (exact) mass is 363 g/mol. The molecule has 0 aliphatic rings. The summed E-state index contributed by atoms with van der Waals surface area (Å²) < 4.78 is 0.979. The van der Waals surface area contributed by atoms with Crippen molar-refractivity contribution in [3.05, 3.63) is 69.7 Å². The first kappa shape index (κ1) is 16.1. The summed E-state index contributed by atoms with van der Waals surface area (Å²) in [5, 5.41) is 2.94. The Balaban J connectivity index is 1.69. The maximum Gasteiger partial charge on any atom is 0.251 e. The van der Waals surface area contributed by atoms with Crippen LogP contribution in [0.1, 0.15) is 21.5 Å². The average Bonchev–Trinajstić information content (AvgIpc) is 2.49. The number of rotatable bonds is 6. The maximum atomic E-state index is 11.9. The van der Waals surface area contributed by atoms with Crippen LogP contribution >= 0.6 is 27.7 Å². The first-order chi connectivity index (χ1) is 10.2. The molecule has 0 atom stereocenters. The molecule has 21 heavy (non-hydrogen) atoms. The molecule has 0 spiro atoms. The lowest BCUT2D eigenvalue weighted by Gasteiger charge is -2.07. The van der Waals surface area contributed by atoms with Crippen molar-refractivity contribution < 1.29 is 4.79 Å².